The molecule has 5 aromatic rings. The van der Waals surface area contributed by atoms with Crippen molar-refractivity contribution in [1.29, 1.82) is 0 Å². The molecule has 0 spiro atoms. The Balaban J connectivity index is 1.64. The van der Waals surface area contributed by atoms with E-state index in [1.807, 2.05) is 17.1 Å². The first kappa shape index (κ1) is 22.3. The van der Waals surface area contributed by atoms with E-state index in [0.29, 0.717) is 23.3 Å². The molecule has 0 radical (unpaired) electrons. The molecule has 0 saturated heterocycles. The Hall–Kier alpha value is -4.53. The lowest BCUT2D eigenvalue weighted by Gasteiger charge is -2.12. The Morgan fingerprint density at radius 1 is 0.971 bits per heavy atom. The van der Waals surface area contributed by atoms with Gasteiger partial charge >= 0.3 is 11.5 Å². The van der Waals surface area contributed by atoms with Crippen LogP contribution in [0.25, 0.3) is 27.3 Å². The molecule has 0 fully saturated rings. The van der Waals surface area contributed by atoms with Crippen LogP contribution in [0.3, 0.4) is 0 Å². The molecule has 0 bridgehead atoms. The Morgan fingerprint density at radius 3 is 2.37 bits per heavy atom. The van der Waals surface area contributed by atoms with Gasteiger partial charge in [0, 0.05) is 18.5 Å². The van der Waals surface area contributed by atoms with Crippen molar-refractivity contribution in [3.8, 4) is 11.4 Å². The summed E-state index contributed by atoms with van der Waals surface area (Å²) in [5.74, 6) is -0.508. The van der Waals surface area contributed by atoms with Crippen LogP contribution in [0.4, 0.5) is 5.82 Å². The summed E-state index contributed by atoms with van der Waals surface area (Å²) < 4.78 is 3.88. The van der Waals surface area contributed by atoms with E-state index in [2.05, 4.69) is 20.0 Å². The average Bonchev–Trinajstić information content (AvgIpc) is 3.25. The molecule has 0 atom stereocenters. The van der Waals surface area contributed by atoms with Crippen LogP contribution in [0.5, 0.6) is 0 Å². The van der Waals surface area contributed by atoms with E-state index in [0.717, 1.165) is 10.2 Å². The molecule has 11 nitrogen and oxygen atoms in total. The number of H-pyrrole nitrogens is 1. The molecule has 172 valence electrons. The zero-order valence-corrected chi connectivity index (χ0v) is 19.0. The minimum Gasteiger partial charge on any atom is -0.354 e. The molecule has 4 aromatic heterocycles. The predicted octanol–water partition coefficient (Wildman–Crippen LogP) is 2.72. The van der Waals surface area contributed by atoms with E-state index in [4.69, 9.17) is 29.8 Å². The van der Waals surface area contributed by atoms with Crippen molar-refractivity contribution in [2.45, 2.75) is 6.54 Å². The molecular formula is C22H12Cl2N8O3. The van der Waals surface area contributed by atoms with Crippen molar-refractivity contribution in [3.63, 3.8) is 0 Å². The van der Waals surface area contributed by atoms with Gasteiger partial charge in [-0.1, -0.05) is 29.8 Å². The summed E-state index contributed by atoms with van der Waals surface area (Å²) in [5.41, 5.74) is 0.518. The standard InChI is InChI=1S/C22H12Cl2N8O3/c1-25-20-21(34)28-22(35)31(29-20)13-8-14(23)19(15(24)9-13)32-16-2-3-18(33)30(17(16)10-27-32)11-12-4-6-26-7-5-12/h2-10H,11H2,(H,28,34,35). The van der Waals surface area contributed by atoms with Gasteiger partial charge in [-0.05, 0) is 41.0 Å². The normalized spacial score (nSPS) is 11.0. The Labute approximate surface area is 205 Å². The van der Waals surface area contributed by atoms with Crippen LogP contribution in [-0.4, -0.2) is 34.1 Å². The molecule has 0 unspecified atom stereocenters. The molecule has 0 aliphatic carbocycles. The van der Waals surface area contributed by atoms with E-state index < -0.39 is 17.1 Å². The van der Waals surface area contributed by atoms with E-state index in [1.54, 1.807) is 23.0 Å². The van der Waals surface area contributed by atoms with Gasteiger partial charge in [-0.15, -0.1) is 4.68 Å². The summed E-state index contributed by atoms with van der Waals surface area (Å²) in [5, 5.41) is 8.40. The first-order valence-corrected chi connectivity index (χ1v) is 10.7. The van der Waals surface area contributed by atoms with Crippen molar-refractivity contribution in [1.82, 2.24) is 34.1 Å². The zero-order valence-electron chi connectivity index (χ0n) is 17.5. The van der Waals surface area contributed by atoms with Crippen molar-refractivity contribution in [3.05, 3.63) is 113 Å². The number of nitrogens with one attached hydrogen (secondary N) is 1. The minimum atomic E-state index is -0.893. The van der Waals surface area contributed by atoms with Gasteiger partial charge in [0.25, 0.3) is 11.1 Å². The van der Waals surface area contributed by atoms with Crippen LogP contribution >= 0.6 is 23.2 Å². The van der Waals surface area contributed by atoms with Gasteiger partial charge < -0.3 is 9.41 Å². The number of pyridine rings is 2. The van der Waals surface area contributed by atoms with Crippen LogP contribution in [0.2, 0.25) is 10.0 Å². The van der Waals surface area contributed by atoms with E-state index in [1.165, 1.54) is 29.1 Å². The number of benzene rings is 1. The maximum Gasteiger partial charge on any atom is 0.365 e. The van der Waals surface area contributed by atoms with E-state index >= 15 is 0 Å². The summed E-state index contributed by atoms with van der Waals surface area (Å²) in [6.07, 6.45) is 4.83. The Morgan fingerprint density at radius 2 is 1.69 bits per heavy atom. The van der Waals surface area contributed by atoms with Crippen LogP contribution in [0.1, 0.15) is 5.56 Å². The van der Waals surface area contributed by atoms with Gasteiger partial charge in [0.2, 0.25) is 0 Å². The second kappa shape index (κ2) is 8.68. The van der Waals surface area contributed by atoms with Crippen LogP contribution in [0, 0.1) is 6.57 Å². The third-order valence-electron chi connectivity index (χ3n) is 5.19. The highest BCUT2D eigenvalue weighted by atomic mass is 35.5. The van der Waals surface area contributed by atoms with Gasteiger partial charge in [0.15, 0.2) is 0 Å². The lowest BCUT2D eigenvalue weighted by atomic mass is 10.2. The molecule has 0 aliphatic heterocycles. The van der Waals surface area contributed by atoms with Crippen LogP contribution < -0.4 is 16.8 Å². The molecule has 0 aliphatic rings. The van der Waals surface area contributed by atoms with Gasteiger partial charge in [-0.3, -0.25) is 19.6 Å². The molecule has 0 saturated carbocycles. The first-order valence-electron chi connectivity index (χ1n) is 9.95. The fraction of sp³-hybridized carbons (Fsp3) is 0.0455. The second-order valence-corrected chi connectivity index (χ2v) is 8.12. The molecule has 35 heavy (non-hydrogen) atoms. The molecule has 1 aromatic carbocycles. The summed E-state index contributed by atoms with van der Waals surface area (Å²) in [6, 6.07) is 9.48. The third kappa shape index (κ3) is 3.90. The number of aromatic nitrogens is 7. The number of hydrogen-bond donors (Lipinski definition) is 1. The zero-order chi connectivity index (χ0) is 24.7. The lowest BCUT2D eigenvalue weighted by Crippen LogP contribution is -2.30. The summed E-state index contributed by atoms with van der Waals surface area (Å²) >= 11 is 13.1. The van der Waals surface area contributed by atoms with Crippen LogP contribution in [-0.2, 0) is 6.54 Å². The van der Waals surface area contributed by atoms with Crippen molar-refractivity contribution < 1.29 is 0 Å². The average molecular weight is 507 g/mol. The fourth-order valence-corrected chi connectivity index (χ4v) is 4.24. The largest absolute Gasteiger partial charge is 0.365 e. The van der Waals surface area contributed by atoms with Crippen molar-refractivity contribution in [2.24, 2.45) is 0 Å². The number of hydrogen-bond acceptors (Lipinski definition) is 6. The summed E-state index contributed by atoms with van der Waals surface area (Å²) in [4.78, 5) is 45.5. The fourth-order valence-electron chi connectivity index (χ4n) is 3.60. The minimum absolute atomic E-state index is 0.119. The lowest BCUT2D eigenvalue weighted by molar-refractivity contribution is 0.761. The maximum absolute atomic E-state index is 12.6. The predicted molar refractivity (Wildman–Crippen MR) is 129 cm³/mol. The Kier molecular flexibility index (Phi) is 5.52. The third-order valence-corrected chi connectivity index (χ3v) is 5.77. The smallest absolute Gasteiger partial charge is 0.354 e. The number of nitrogens with zero attached hydrogens (tertiary/aromatic N) is 7. The van der Waals surface area contributed by atoms with Gasteiger partial charge in [0.1, 0.15) is 5.69 Å². The monoisotopic (exact) mass is 506 g/mol. The highest BCUT2D eigenvalue weighted by Gasteiger charge is 2.19. The van der Waals surface area contributed by atoms with E-state index in [-0.39, 0.29) is 21.3 Å². The van der Waals surface area contributed by atoms with Crippen molar-refractivity contribution >= 4 is 40.1 Å². The second-order valence-electron chi connectivity index (χ2n) is 7.30. The van der Waals surface area contributed by atoms with Crippen molar-refractivity contribution in [2.75, 3.05) is 0 Å². The maximum atomic E-state index is 12.6. The number of rotatable bonds is 4. The summed E-state index contributed by atoms with van der Waals surface area (Å²) in [6.45, 7) is 7.36. The molecular weight excluding hydrogens is 495 g/mol. The molecule has 0 amide bonds. The quantitative estimate of drug-likeness (QED) is 0.373. The SMILES string of the molecule is [C-]#[N+]c1nn(-c2cc(Cl)c(-n3ncc4c3ccc(=O)n4Cc3ccncc3)c(Cl)c2)c(=O)[nH]c1=O. The van der Waals surface area contributed by atoms with Gasteiger partial charge in [-0.25, -0.2) is 9.48 Å². The van der Waals surface area contributed by atoms with Gasteiger partial charge in [-0.2, -0.15) is 5.10 Å². The Bertz CT molecular complexity index is 1810. The number of fused-ring (bicyclic) bond motifs is 1. The molecule has 5 rings (SSSR count). The molecule has 1 N–H and O–H groups in total. The van der Waals surface area contributed by atoms with Gasteiger partial charge in [0.05, 0.1) is 39.5 Å². The highest BCUT2D eigenvalue weighted by molar-refractivity contribution is 6.38. The topological polar surface area (TPSA) is 125 Å². The molecule has 4 heterocycles. The first-order chi connectivity index (χ1) is 16.9. The van der Waals surface area contributed by atoms with E-state index in [9.17, 15) is 14.4 Å². The van der Waals surface area contributed by atoms with Crippen LogP contribution in [0.15, 0.2) is 69.4 Å². The number of halogens is 2. The molecule has 13 heteroatoms. The highest BCUT2D eigenvalue weighted by Crippen LogP contribution is 2.33. The number of aromatic amines is 1. The summed E-state index contributed by atoms with van der Waals surface area (Å²) in [7, 11) is 0.